The Morgan fingerprint density at radius 3 is 2.69 bits per heavy atom. The van der Waals surface area contributed by atoms with Gasteiger partial charge in [0.15, 0.2) is 0 Å². The summed E-state index contributed by atoms with van der Waals surface area (Å²) in [7, 11) is 1.52. The zero-order valence-electron chi connectivity index (χ0n) is 17.5. The molecule has 0 saturated carbocycles. The summed E-state index contributed by atoms with van der Waals surface area (Å²) in [5, 5.41) is 10.2. The maximum atomic E-state index is 12.7. The van der Waals surface area contributed by atoms with Crippen molar-refractivity contribution in [2.45, 2.75) is 39.3 Å². The molecule has 0 radical (unpaired) electrons. The zero-order chi connectivity index (χ0) is 21.2. The Labute approximate surface area is 176 Å². The van der Waals surface area contributed by atoms with Gasteiger partial charge in [0, 0.05) is 18.8 Å². The molecule has 0 aliphatic heterocycles. The van der Waals surface area contributed by atoms with Crippen LogP contribution in [0.1, 0.15) is 34.6 Å². The highest BCUT2D eigenvalue weighted by Crippen LogP contribution is 2.17. The van der Waals surface area contributed by atoms with Crippen molar-refractivity contribution in [1.29, 1.82) is 0 Å². The number of hydrogen-bond donors (Lipinski definition) is 2. The molecule has 2 N–H and O–H groups in total. The molecular weight excluding hydrogens is 388 g/mol. The van der Waals surface area contributed by atoms with E-state index in [0.29, 0.717) is 24.3 Å². The van der Waals surface area contributed by atoms with Crippen molar-refractivity contribution in [2.24, 2.45) is 0 Å². The quantitative estimate of drug-likeness (QED) is 0.548. The smallest absolute Gasteiger partial charge is 0.255 e. The summed E-state index contributed by atoms with van der Waals surface area (Å²) in [6, 6.07) is 8.43. The van der Waals surface area contributed by atoms with E-state index in [9.17, 15) is 9.59 Å². The van der Waals surface area contributed by atoms with Gasteiger partial charge in [-0.05, 0) is 56.9 Å². The highest BCUT2D eigenvalue weighted by molar-refractivity contribution is 7.98. The number of ether oxygens (including phenoxy) is 1. The van der Waals surface area contributed by atoms with Crippen molar-refractivity contribution in [2.75, 3.05) is 25.7 Å². The van der Waals surface area contributed by atoms with Crippen molar-refractivity contribution in [3.8, 4) is 5.75 Å². The van der Waals surface area contributed by atoms with Crippen LogP contribution in [0.3, 0.4) is 0 Å². The third kappa shape index (κ3) is 6.81. The number of nitrogens with zero attached hydrogens (tertiary/aromatic N) is 2. The highest BCUT2D eigenvalue weighted by atomic mass is 32.2. The molecule has 1 aromatic carbocycles. The highest BCUT2D eigenvalue weighted by Gasteiger charge is 2.22. The standard InChI is InChI=1S/C21H30N4O3S/c1-15-14-16(2)25(24-15)12-7-11-22-21(27)18(10-13-29-4)23-20(26)17-8-5-6-9-19(17)28-3/h5-6,8-9,14,18H,7,10-13H2,1-4H3,(H,22,27)(H,23,26)/t18-/m1/s1. The first-order valence-electron chi connectivity index (χ1n) is 9.67. The van der Waals surface area contributed by atoms with Crippen LogP contribution >= 0.6 is 11.8 Å². The number of aryl methyl sites for hydroxylation is 3. The molecule has 0 unspecified atom stereocenters. The van der Waals surface area contributed by atoms with Gasteiger partial charge in [-0.25, -0.2) is 0 Å². The molecule has 0 aliphatic rings. The lowest BCUT2D eigenvalue weighted by Gasteiger charge is -2.19. The Kier molecular flexibility index (Phi) is 9.05. The predicted molar refractivity (Wildman–Crippen MR) is 117 cm³/mol. The van der Waals surface area contributed by atoms with Gasteiger partial charge in [-0.2, -0.15) is 16.9 Å². The monoisotopic (exact) mass is 418 g/mol. The Balaban J connectivity index is 1.91. The Bertz CT molecular complexity index is 822. The molecule has 29 heavy (non-hydrogen) atoms. The summed E-state index contributed by atoms with van der Waals surface area (Å²) >= 11 is 1.64. The molecule has 8 heteroatoms. The van der Waals surface area contributed by atoms with Gasteiger partial charge in [0.2, 0.25) is 5.91 Å². The van der Waals surface area contributed by atoms with Crippen LogP contribution in [-0.4, -0.2) is 53.3 Å². The molecule has 2 aromatic rings. The van der Waals surface area contributed by atoms with Gasteiger partial charge in [-0.3, -0.25) is 14.3 Å². The van der Waals surface area contributed by atoms with Gasteiger partial charge >= 0.3 is 0 Å². The third-order valence-electron chi connectivity index (χ3n) is 4.53. The zero-order valence-corrected chi connectivity index (χ0v) is 18.3. The molecule has 2 rings (SSSR count). The average molecular weight is 419 g/mol. The first-order valence-corrected chi connectivity index (χ1v) is 11.1. The minimum absolute atomic E-state index is 0.171. The summed E-state index contributed by atoms with van der Waals surface area (Å²) in [5.74, 6) is 0.775. The number of para-hydroxylation sites is 1. The Hall–Kier alpha value is -2.48. The van der Waals surface area contributed by atoms with Crippen LogP contribution in [0.2, 0.25) is 0 Å². The van der Waals surface area contributed by atoms with Crippen molar-refractivity contribution >= 4 is 23.6 Å². The minimum atomic E-state index is -0.589. The largest absolute Gasteiger partial charge is 0.496 e. The summed E-state index contributed by atoms with van der Waals surface area (Å²) in [6.45, 7) is 5.25. The number of rotatable bonds is 11. The topological polar surface area (TPSA) is 85.2 Å². The molecule has 2 amide bonds. The fourth-order valence-corrected chi connectivity index (χ4v) is 3.51. The van der Waals surface area contributed by atoms with Gasteiger partial charge in [0.25, 0.3) is 5.91 Å². The molecule has 1 atom stereocenters. The van der Waals surface area contributed by atoms with Crippen LogP contribution in [-0.2, 0) is 11.3 Å². The molecule has 158 valence electrons. The first-order chi connectivity index (χ1) is 14.0. The number of aromatic nitrogens is 2. The molecule has 0 bridgehead atoms. The summed E-state index contributed by atoms with van der Waals surface area (Å²) in [5.41, 5.74) is 2.51. The fourth-order valence-electron chi connectivity index (χ4n) is 3.04. The summed E-state index contributed by atoms with van der Waals surface area (Å²) in [6.07, 6.45) is 3.31. The molecule has 0 aliphatic carbocycles. The van der Waals surface area contributed by atoms with Gasteiger partial charge in [-0.1, -0.05) is 12.1 Å². The normalized spacial score (nSPS) is 11.7. The molecule has 1 aromatic heterocycles. The second-order valence-electron chi connectivity index (χ2n) is 6.80. The molecule has 0 fully saturated rings. The lowest BCUT2D eigenvalue weighted by Crippen LogP contribution is -2.47. The van der Waals surface area contributed by atoms with Crippen LogP contribution in [0.4, 0.5) is 0 Å². The van der Waals surface area contributed by atoms with E-state index in [4.69, 9.17) is 4.74 Å². The van der Waals surface area contributed by atoms with E-state index in [0.717, 1.165) is 30.1 Å². The number of thioether (sulfide) groups is 1. The number of benzene rings is 1. The van der Waals surface area contributed by atoms with E-state index in [1.54, 1.807) is 36.0 Å². The van der Waals surface area contributed by atoms with E-state index in [-0.39, 0.29) is 11.8 Å². The average Bonchev–Trinajstić information content (AvgIpc) is 3.04. The SMILES string of the molecule is COc1ccccc1C(=O)N[C@H](CCSC)C(=O)NCCCn1nc(C)cc1C. The van der Waals surface area contributed by atoms with Crippen molar-refractivity contribution in [3.05, 3.63) is 47.3 Å². The molecule has 0 spiro atoms. The summed E-state index contributed by atoms with van der Waals surface area (Å²) < 4.78 is 7.19. The van der Waals surface area contributed by atoms with E-state index in [1.807, 2.05) is 30.9 Å². The number of hydrogen-bond acceptors (Lipinski definition) is 5. The number of methoxy groups -OCH3 is 1. The predicted octanol–water partition coefficient (Wildman–Crippen LogP) is 2.57. The van der Waals surface area contributed by atoms with Crippen LogP contribution in [0.25, 0.3) is 0 Å². The van der Waals surface area contributed by atoms with Gasteiger partial charge in [0.05, 0.1) is 18.4 Å². The summed E-state index contributed by atoms with van der Waals surface area (Å²) in [4.78, 5) is 25.3. The fraction of sp³-hybridized carbons (Fsp3) is 0.476. The Morgan fingerprint density at radius 1 is 1.28 bits per heavy atom. The van der Waals surface area contributed by atoms with Crippen LogP contribution < -0.4 is 15.4 Å². The van der Waals surface area contributed by atoms with Gasteiger partial charge in [-0.15, -0.1) is 0 Å². The van der Waals surface area contributed by atoms with E-state index in [2.05, 4.69) is 15.7 Å². The van der Waals surface area contributed by atoms with Crippen LogP contribution in [0.5, 0.6) is 5.75 Å². The molecule has 1 heterocycles. The van der Waals surface area contributed by atoms with Gasteiger partial charge in [0.1, 0.15) is 11.8 Å². The number of carbonyl (C=O) groups excluding carboxylic acids is 2. The lowest BCUT2D eigenvalue weighted by atomic mass is 10.1. The third-order valence-corrected chi connectivity index (χ3v) is 5.18. The maximum absolute atomic E-state index is 12.7. The van der Waals surface area contributed by atoms with Crippen molar-refractivity contribution < 1.29 is 14.3 Å². The minimum Gasteiger partial charge on any atom is -0.496 e. The van der Waals surface area contributed by atoms with Crippen molar-refractivity contribution in [1.82, 2.24) is 20.4 Å². The molecule has 0 saturated heterocycles. The maximum Gasteiger partial charge on any atom is 0.255 e. The number of nitrogens with one attached hydrogen (secondary N) is 2. The number of amides is 2. The van der Waals surface area contributed by atoms with Crippen molar-refractivity contribution in [3.63, 3.8) is 0 Å². The lowest BCUT2D eigenvalue weighted by molar-refractivity contribution is -0.123. The molecular formula is C21H30N4O3S. The van der Waals surface area contributed by atoms with Crippen LogP contribution in [0.15, 0.2) is 30.3 Å². The number of carbonyl (C=O) groups is 2. The first kappa shape index (κ1) is 22.8. The van der Waals surface area contributed by atoms with Gasteiger partial charge < -0.3 is 15.4 Å². The Morgan fingerprint density at radius 2 is 2.03 bits per heavy atom. The van der Waals surface area contributed by atoms with E-state index < -0.39 is 6.04 Å². The second-order valence-corrected chi connectivity index (χ2v) is 7.79. The molecule has 7 nitrogen and oxygen atoms in total. The van der Waals surface area contributed by atoms with Crippen LogP contribution in [0, 0.1) is 13.8 Å². The second kappa shape index (κ2) is 11.5. The van der Waals surface area contributed by atoms with E-state index in [1.165, 1.54) is 7.11 Å². The van der Waals surface area contributed by atoms with E-state index >= 15 is 0 Å².